The zero-order valence-corrected chi connectivity index (χ0v) is 7.66. The van der Waals surface area contributed by atoms with Gasteiger partial charge in [-0.2, -0.15) is 0 Å². The van der Waals surface area contributed by atoms with Crippen molar-refractivity contribution in [3.63, 3.8) is 0 Å². The van der Waals surface area contributed by atoms with E-state index in [1.807, 2.05) is 18.2 Å². The average Bonchev–Trinajstić information content (AvgIpc) is 2.88. The minimum Gasteiger partial charge on any atom is -0.398 e. The molecule has 1 aromatic carbocycles. The van der Waals surface area contributed by atoms with Crippen LogP contribution < -0.4 is 11.1 Å². The maximum atomic E-state index is 5.86. The number of rotatable bonds is 2. The van der Waals surface area contributed by atoms with Gasteiger partial charge in [-0.3, -0.25) is 0 Å². The molecule has 4 heteroatoms. The maximum absolute atomic E-state index is 5.86. The first-order valence-electron chi connectivity index (χ1n) is 4.75. The fourth-order valence-corrected chi connectivity index (χ4v) is 1.54. The molecule has 0 unspecified atom stereocenters. The van der Waals surface area contributed by atoms with Crippen LogP contribution in [0.25, 0.3) is 11.0 Å². The van der Waals surface area contributed by atoms with Gasteiger partial charge in [0.25, 0.3) is 0 Å². The number of nitrogen functional groups attached to an aromatic ring is 1. The molecule has 1 heterocycles. The number of benzene rings is 1. The number of fused-ring (bicyclic) bond motifs is 1. The molecule has 1 aliphatic rings. The van der Waals surface area contributed by atoms with Crippen LogP contribution in [0.1, 0.15) is 12.8 Å². The van der Waals surface area contributed by atoms with Crippen molar-refractivity contribution in [2.45, 2.75) is 18.9 Å². The van der Waals surface area contributed by atoms with Crippen LogP contribution in [-0.2, 0) is 0 Å². The minimum absolute atomic E-state index is 0.558. The van der Waals surface area contributed by atoms with Crippen LogP contribution in [0.2, 0.25) is 0 Å². The molecule has 3 rings (SSSR count). The number of nitrogens with zero attached hydrogens (tertiary/aromatic N) is 1. The van der Waals surface area contributed by atoms with Crippen LogP contribution >= 0.6 is 0 Å². The topological polar surface area (TPSA) is 64.1 Å². The van der Waals surface area contributed by atoms with Crippen molar-refractivity contribution in [1.29, 1.82) is 0 Å². The Bertz CT molecular complexity index is 473. The zero-order chi connectivity index (χ0) is 9.54. The summed E-state index contributed by atoms with van der Waals surface area (Å²) in [6.45, 7) is 0. The molecule has 0 aliphatic heterocycles. The van der Waals surface area contributed by atoms with Crippen LogP contribution in [-0.4, -0.2) is 11.2 Å². The third kappa shape index (κ3) is 1.11. The van der Waals surface area contributed by atoms with Crippen molar-refractivity contribution in [3.05, 3.63) is 18.2 Å². The molecular weight excluding hydrogens is 178 g/mol. The van der Waals surface area contributed by atoms with Crippen molar-refractivity contribution in [3.8, 4) is 0 Å². The van der Waals surface area contributed by atoms with Crippen molar-refractivity contribution >= 4 is 22.5 Å². The Hall–Kier alpha value is -1.71. The Kier molecular flexibility index (Phi) is 1.45. The van der Waals surface area contributed by atoms with E-state index in [0.717, 1.165) is 16.8 Å². The lowest BCUT2D eigenvalue weighted by atomic mass is 10.2. The van der Waals surface area contributed by atoms with E-state index in [-0.39, 0.29) is 0 Å². The molecule has 0 saturated heterocycles. The quantitative estimate of drug-likeness (QED) is 0.709. The zero-order valence-electron chi connectivity index (χ0n) is 7.66. The lowest BCUT2D eigenvalue weighted by Crippen LogP contribution is -2.01. The van der Waals surface area contributed by atoms with Gasteiger partial charge in [-0.25, -0.2) is 0 Å². The third-order valence-electron chi connectivity index (χ3n) is 2.45. The van der Waals surface area contributed by atoms with E-state index in [9.17, 15) is 0 Å². The monoisotopic (exact) mass is 189 g/mol. The van der Waals surface area contributed by atoms with Gasteiger partial charge in [-0.05, 0) is 25.0 Å². The highest BCUT2D eigenvalue weighted by Gasteiger charge is 2.23. The Morgan fingerprint density at radius 2 is 2.29 bits per heavy atom. The highest BCUT2D eigenvalue weighted by atomic mass is 16.5. The number of aromatic nitrogens is 1. The largest absolute Gasteiger partial charge is 0.398 e. The summed E-state index contributed by atoms with van der Waals surface area (Å²) in [5.74, 6) is 0.778. The number of nitrogens with one attached hydrogen (secondary N) is 1. The fourth-order valence-electron chi connectivity index (χ4n) is 1.54. The molecule has 0 spiro atoms. The second-order valence-electron chi connectivity index (χ2n) is 3.67. The summed E-state index contributed by atoms with van der Waals surface area (Å²) in [5.41, 5.74) is 7.32. The summed E-state index contributed by atoms with van der Waals surface area (Å²) < 4.78 is 5.17. The molecule has 1 aliphatic carbocycles. The van der Waals surface area contributed by atoms with Gasteiger partial charge in [0, 0.05) is 11.7 Å². The summed E-state index contributed by atoms with van der Waals surface area (Å²) in [6.07, 6.45) is 2.42. The number of anilines is 2. The van der Waals surface area contributed by atoms with Crippen LogP contribution in [0.15, 0.2) is 22.7 Å². The Morgan fingerprint density at radius 3 is 3.07 bits per heavy atom. The SMILES string of the molecule is Nc1cccc2onc(NC3CC3)c12. The molecular formula is C10H11N3O. The second kappa shape index (κ2) is 2.64. The second-order valence-corrected chi connectivity index (χ2v) is 3.67. The molecule has 0 amide bonds. The van der Waals surface area contributed by atoms with Gasteiger partial charge >= 0.3 is 0 Å². The lowest BCUT2D eigenvalue weighted by molar-refractivity contribution is 0.459. The van der Waals surface area contributed by atoms with Crippen LogP contribution in [0.5, 0.6) is 0 Å². The summed E-state index contributed by atoms with van der Waals surface area (Å²) in [5, 5.41) is 8.17. The van der Waals surface area contributed by atoms with E-state index in [2.05, 4.69) is 10.5 Å². The predicted molar refractivity (Wildman–Crippen MR) is 55.1 cm³/mol. The highest BCUT2D eigenvalue weighted by Crippen LogP contribution is 2.32. The van der Waals surface area contributed by atoms with Crippen LogP contribution in [0.3, 0.4) is 0 Å². The van der Waals surface area contributed by atoms with Crippen LogP contribution in [0, 0.1) is 0 Å². The Labute approximate surface area is 81.1 Å². The summed E-state index contributed by atoms with van der Waals surface area (Å²) in [6, 6.07) is 6.15. The van der Waals surface area contributed by atoms with E-state index in [4.69, 9.17) is 10.3 Å². The molecule has 1 aromatic heterocycles. The lowest BCUT2D eigenvalue weighted by Gasteiger charge is -1.99. The Balaban J connectivity index is 2.13. The number of hydrogen-bond donors (Lipinski definition) is 2. The van der Waals surface area contributed by atoms with E-state index >= 15 is 0 Å². The summed E-state index contributed by atoms with van der Waals surface area (Å²) in [4.78, 5) is 0. The van der Waals surface area contributed by atoms with Crippen molar-refractivity contribution in [2.75, 3.05) is 11.1 Å². The average molecular weight is 189 g/mol. The van der Waals surface area contributed by atoms with Gasteiger partial charge in [-0.1, -0.05) is 11.2 Å². The molecule has 1 fully saturated rings. The first kappa shape index (κ1) is 7.67. The first-order chi connectivity index (χ1) is 6.84. The molecule has 2 aromatic rings. The molecule has 0 radical (unpaired) electrons. The number of hydrogen-bond acceptors (Lipinski definition) is 4. The summed E-state index contributed by atoms with van der Waals surface area (Å²) in [7, 11) is 0. The van der Waals surface area contributed by atoms with Gasteiger partial charge in [-0.15, -0.1) is 0 Å². The molecule has 1 saturated carbocycles. The minimum atomic E-state index is 0.558. The molecule has 72 valence electrons. The van der Waals surface area contributed by atoms with E-state index in [1.54, 1.807) is 0 Å². The third-order valence-corrected chi connectivity index (χ3v) is 2.45. The normalized spacial score (nSPS) is 16.0. The van der Waals surface area contributed by atoms with Gasteiger partial charge in [0.1, 0.15) is 0 Å². The summed E-state index contributed by atoms with van der Waals surface area (Å²) >= 11 is 0. The molecule has 0 atom stereocenters. The van der Waals surface area contributed by atoms with Crippen molar-refractivity contribution in [1.82, 2.24) is 5.16 Å². The first-order valence-corrected chi connectivity index (χ1v) is 4.75. The molecule has 14 heavy (non-hydrogen) atoms. The van der Waals surface area contributed by atoms with Crippen molar-refractivity contribution in [2.24, 2.45) is 0 Å². The maximum Gasteiger partial charge on any atom is 0.179 e. The van der Waals surface area contributed by atoms with Crippen molar-refractivity contribution < 1.29 is 4.52 Å². The Morgan fingerprint density at radius 1 is 1.43 bits per heavy atom. The van der Waals surface area contributed by atoms with Gasteiger partial charge in [0.05, 0.1) is 5.39 Å². The van der Waals surface area contributed by atoms with E-state index in [0.29, 0.717) is 11.7 Å². The van der Waals surface area contributed by atoms with Gasteiger partial charge in [0.15, 0.2) is 11.4 Å². The van der Waals surface area contributed by atoms with E-state index < -0.39 is 0 Å². The highest BCUT2D eigenvalue weighted by molar-refractivity contribution is 5.98. The number of nitrogens with two attached hydrogens (primary N) is 1. The van der Waals surface area contributed by atoms with Gasteiger partial charge in [0.2, 0.25) is 0 Å². The van der Waals surface area contributed by atoms with Gasteiger partial charge < -0.3 is 15.6 Å². The fraction of sp³-hybridized carbons (Fsp3) is 0.300. The smallest absolute Gasteiger partial charge is 0.179 e. The van der Waals surface area contributed by atoms with Crippen LogP contribution in [0.4, 0.5) is 11.5 Å². The molecule has 3 N–H and O–H groups in total. The molecule has 0 bridgehead atoms. The standard InChI is InChI=1S/C10H11N3O/c11-7-2-1-3-8-9(7)10(13-14-8)12-6-4-5-6/h1-3,6H,4-5,11H2,(H,12,13). The van der Waals surface area contributed by atoms with E-state index in [1.165, 1.54) is 12.8 Å². The molecule has 4 nitrogen and oxygen atoms in total. The predicted octanol–water partition coefficient (Wildman–Crippen LogP) is 1.98.